The maximum absolute atomic E-state index is 14.6. The van der Waals surface area contributed by atoms with Crippen LogP contribution in [-0.2, 0) is 0 Å². The van der Waals surface area contributed by atoms with E-state index in [-0.39, 0.29) is 29.6 Å². The topological polar surface area (TPSA) is 97.6 Å². The van der Waals surface area contributed by atoms with Crippen molar-refractivity contribution in [1.29, 1.82) is 0 Å². The normalized spacial score (nSPS) is 18.2. The second kappa shape index (κ2) is 9.60. The van der Waals surface area contributed by atoms with Gasteiger partial charge in [0.2, 0.25) is 0 Å². The van der Waals surface area contributed by atoms with E-state index in [1.165, 1.54) is 6.07 Å². The van der Waals surface area contributed by atoms with Gasteiger partial charge in [-0.2, -0.15) is 0 Å². The molecule has 5 rings (SSSR count). The SMILES string of the molecule is Cc1cc(C(=O)NC2CCCC(Nc3nc(-c4n[n]([Tl])c5ncc(F)cc45)ncc3F)C2)cs1. The van der Waals surface area contributed by atoms with Crippen LogP contribution in [0.1, 0.15) is 40.9 Å². The summed E-state index contributed by atoms with van der Waals surface area (Å²) in [4.78, 5) is 26.2. The Hall–Kier alpha value is -2.55. The molecule has 0 radical (unpaired) electrons. The molecule has 172 valence electrons. The third-order valence-electron chi connectivity index (χ3n) is 5.81. The second-order valence-corrected chi connectivity index (χ2v) is 11.3. The summed E-state index contributed by atoms with van der Waals surface area (Å²) in [7, 11) is 0. The maximum atomic E-state index is 14.6. The third-order valence-corrected chi connectivity index (χ3v) is 8.07. The van der Waals surface area contributed by atoms with E-state index < -0.39 is 11.6 Å². The molecule has 1 aliphatic rings. The van der Waals surface area contributed by atoms with Crippen LogP contribution >= 0.6 is 11.3 Å². The predicted molar refractivity (Wildman–Crippen MR) is 126 cm³/mol. The van der Waals surface area contributed by atoms with E-state index in [4.69, 9.17) is 0 Å². The molecule has 0 saturated heterocycles. The average molecular weight is 673 g/mol. The van der Waals surface area contributed by atoms with E-state index in [0.717, 1.165) is 36.5 Å². The molecule has 2 N–H and O–H groups in total. The van der Waals surface area contributed by atoms with Gasteiger partial charge in [0.15, 0.2) is 0 Å². The molecule has 2 atom stereocenters. The molecule has 34 heavy (non-hydrogen) atoms. The number of carbonyl (C=O) groups excluding carboxylic acids is 1. The summed E-state index contributed by atoms with van der Waals surface area (Å²) in [5, 5.41) is 13.1. The number of rotatable bonds is 5. The quantitative estimate of drug-likeness (QED) is 0.315. The van der Waals surface area contributed by atoms with Gasteiger partial charge in [-0.25, -0.2) is 0 Å². The molecule has 1 fully saturated rings. The largest absolute Gasteiger partial charge is 0.148 e. The Morgan fingerprint density at radius 1 is 1.21 bits per heavy atom. The van der Waals surface area contributed by atoms with Crippen molar-refractivity contribution < 1.29 is 13.6 Å². The van der Waals surface area contributed by atoms with Gasteiger partial charge in [0.25, 0.3) is 0 Å². The summed E-state index contributed by atoms with van der Waals surface area (Å²) >= 11 is 1.85. The van der Waals surface area contributed by atoms with Gasteiger partial charge < -0.3 is 0 Å². The van der Waals surface area contributed by atoms with Crippen LogP contribution < -0.4 is 10.6 Å². The van der Waals surface area contributed by atoms with E-state index >= 15 is 0 Å². The van der Waals surface area contributed by atoms with Crippen LogP contribution in [0.2, 0.25) is 0 Å². The molecule has 12 heteroatoms. The maximum Gasteiger partial charge on any atom is 0.00373 e. The van der Waals surface area contributed by atoms with Crippen molar-refractivity contribution in [3.05, 3.63) is 52.0 Å². The van der Waals surface area contributed by atoms with Crippen LogP contribution in [0.25, 0.3) is 22.6 Å². The van der Waals surface area contributed by atoms with Gasteiger partial charge in [0.1, 0.15) is 0 Å². The van der Waals surface area contributed by atoms with E-state index in [2.05, 4.69) is 30.7 Å². The number of nitrogens with zero attached hydrogens (tertiary/aromatic N) is 5. The third kappa shape index (κ3) is 4.80. The Morgan fingerprint density at radius 2 is 2.03 bits per heavy atom. The number of halogens is 2. The van der Waals surface area contributed by atoms with Crippen LogP contribution in [0.4, 0.5) is 14.6 Å². The molecule has 4 aromatic rings. The minimum Gasteiger partial charge on any atom is -0.148 e. The molecular formula is C22H20F2N7OSTl. The first-order valence-corrected chi connectivity index (χ1v) is 13.7. The Kier molecular flexibility index (Phi) is 6.55. The summed E-state index contributed by atoms with van der Waals surface area (Å²) in [6.45, 7) is 1.97. The Morgan fingerprint density at radius 3 is 2.82 bits per heavy atom. The van der Waals surface area contributed by atoms with Crippen molar-refractivity contribution in [3.8, 4) is 11.5 Å². The Labute approximate surface area is 214 Å². The number of nitrogens with one attached hydrogen (secondary N) is 2. The van der Waals surface area contributed by atoms with Crippen LogP contribution in [0.3, 0.4) is 0 Å². The molecule has 2 unspecified atom stereocenters. The molecule has 0 bridgehead atoms. The fraction of sp³-hybridized carbons (Fsp3) is 0.318. The zero-order valence-electron chi connectivity index (χ0n) is 18.3. The first kappa shape index (κ1) is 23.2. The summed E-state index contributed by atoms with van der Waals surface area (Å²) in [6.07, 6.45) is 5.49. The molecule has 4 heterocycles. The smallest absolute Gasteiger partial charge is 0.00373 e. The van der Waals surface area contributed by atoms with Gasteiger partial charge in [0.05, 0.1) is 5.56 Å². The number of aromatic nitrogens is 5. The van der Waals surface area contributed by atoms with Gasteiger partial charge in [-0.3, -0.25) is 4.79 Å². The van der Waals surface area contributed by atoms with Crippen LogP contribution in [-0.4, -0.2) is 66.6 Å². The zero-order chi connectivity index (χ0) is 23.8. The number of anilines is 1. The first-order valence-electron chi connectivity index (χ1n) is 10.8. The van der Waals surface area contributed by atoms with E-state index in [1.807, 2.05) is 18.4 Å². The molecule has 1 saturated carbocycles. The van der Waals surface area contributed by atoms with Gasteiger partial charge in [0, 0.05) is 10.3 Å². The summed E-state index contributed by atoms with van der Waals surface area (Å²) in [5.74, 6) is -0.880. The van der Waals surface area contributed by atoms with Crippen molar-refractivity contribution in [2.24, 2.45) is 0 Å². The van der Waals surface area contributed by atoms with Crippen molar-refractivity contribution in [3.63, 3.8) is 0 Å². The molecule has 1 amide bonds. The van der Waals surface area contributed by atoms with Gasteiger partial charge in [-0.1, -0.05) is 0 Å². The number of carbonyl (C=O) groups is 1. The van der Waals surface area contributed by atoms with Gasteiger partial charge in [-0.15, -0.1) is 11.3 Å². The fourth-order valence-electron chi connectivity index (χ4n) is 4.22. The summed E-state index contributed by atoms with van der Waals surface area (Å²) in [6, 6.07) is 3.14. The average Bonchev–Trinajstić information content (AvgIpc) is 3.39. The molecule has 0 spiro atoms. The van der Waals surface area contributed by atoms with Crippen LogP contribution in [0, 0.1) is 18.6 Å². The van der Waals surface area contributed by atoms with Crippen molar-refractivity contribution in [2.75, 3.05) is 5.32 Å². The standard InChI is InChI=1S/C22H21F2N7OS.Tl/c1-11-5-12(10-33-11)22(32)28-15-4-2-3-14(7-15)27-20-17(24)9-26-21(29-20)18-16-6-13(23)8-25-19(16)31-30-18;/h5-6,8-10,14-15H,2-4,7H2,1H3,(H3,25,26,27,28,29,30,31,32);/q;+1/p-1. The molecular weight excluding hydrogens is 653 g/mol. The van der Waals surface area contributed by atoms with Gasteiger partial charge in [-0.05, 0) is 13.0 Å². The second-order valence-electron chi connectivity index (χ2n) is 8.33. The Balaban J connectivity index is 1.33. The predicted octanol–water partition coefficient (Wildman–Crippen LogP) is 3.62. The zero-order valence-corrected chi connectivity index (χ0v) is 23.6. The van der Waals surface area contributed by atoms with Crippen LogP contribution in [0.15, 0.2) is 29.9 Å². The van der Waals surface area contributed by atoms with E-state index in [1.54, 1.807) is 13.8 Å². The molecule has 1 aliphatic carbocycles. The van der Waals surface area contributed by atoms with Crippen molar-refractivity contribution >= 4 is 60.2 Å². The molecule has 0 aromatic carbocycles. The van der Waals surface area contributed by atoms with Crippen molar-refractivity contribution in [2.45, 2.75) is 44.7 Å². The number of aryl methyl sites for hydroxylation is 1. The van der Waals surface area contributed by atoms with Crippen molar-refractivity contribution in [1.82, 2.24) is 27.9 Å². The number of pyridine rings is 1. The number of thiophene rings is 1. The van der Waals surface area contributed by atoms with Gasteiger partial charge >= 0.3 is 170 Å². The summed E-state index contributed by atoms with van der Waals surface area (Å²) in [5.41, 5.74) is 1.59. The number of hydrogen-bond acceptors (Lipinski definition) is 7. The molecule has 8 nitrogen and oxygen atoms in total. The summed E-state index contributed by atoms with van der Waals surface area (Å²) < 4.78 is 30.1. The van der Waals surface area contributed by atoms with E-state index in [9.17, 15) is 13.6 Å². The monoisotopic (exact) mass is 673 g/mol. The number of fused-ring (bicyclic) bond motifs is 1. The fourth-order valence-corrected chi connectivity index (χ4v) is 6.15. The Bertz CT molecular complexity index is 1370. The minimum absolute atomic E-state index is 0.0111. The minimum atomic E-state index is -0.579. The van der Waals surface area contributed by atoms with E-state index in [0.29, 0.717) is 54.8 Å². The number of amides is 1. The number of hydrogen-bond donors (Lipinski definition) is 2. The van der Waals surface area contributed by atoms with Crippen LogP contribution in [0.5, 0.6) is 0 Å². The first-order chi connectivity index (χ1) is 16.4. The molecule has 4 aromatic heterocycles. The molecule has 0 aliphatic heterocycles.